The van der Waals surface area contributed by atoms with E-state index < -0.39 is 19.0 Å². The summed E-state index contributed by atoms with van der Waals surface area (Å²) in [6, 6.07) is 0.527. The van der Waals surface area contributed by atoms with Crippen LogP contribution in [0.2, 0.25) is 0 Å². The SMILES string of the molecule is [2H]c1c([2H])c([2H])c2c(c1[2H])N=C(N1CC([2H])([2H])N(C)C([2H])([2H])C1)c1cc(C)sc1N2. The minimum Gasteiger partial charge on any atom is -0.353 e. The maximum absolute atomic E-state index is 8.29. The molecule has 2 aliphatic heterocycles. The first-order valence-corrected chi connectivity index (χ1v) is 7.71. The molecule has 1 fully saturated rings. The fraction of sp³-hybridized carbons (Fsp3) is 0.353. The van der Waals surface area contributed by atoms with Crippen molar-refractivity contribution in [3.8, 4) is 0 Å². The van der Waals surface area contributed by atoms with Crippen LogP contribution < -0.4 is 5.32 Å². The van der Waals surface area contributed by atoms with Gasteiger partial charge in [-0.3, -0.25) is 0 Å². The molecule has 1 N–H and O–H groups in total. The lowest BCUT2D eigenvalue weighted by atomic mass is 10.2. The van der Waals surface area contributed by atoms with Gasteiger partial charge in [0.05, 0.1) is 22.4 Å². The van der Waals surface area contributed by atoms with Crippen molar-refractivity contribution < 1.29 is 11.0 Å². The molecule has 0 radical (unpaired) electrons. The van der Waals surface area contributed by atoms with Crippen LogP contribution in [0.25, 0.3) is 0 Å². The summed E-state index contributed by atoms with van der Waals surface area (Å²) in [7, 11) is 1.40. The van der Waals surface area contributed by atoms with Crippen molar-refractivity contribution in [3.05, 3.63) is 40.7 Å². The van der Waals surface area contributed by atoms with Gasteiger partial charge in [-0.25, -0.2) is 4.99 Å². The van der Waals surface area contributed by atoms with E-state index in [9.17, 15) is 0 Å². The molecule has 114 valence electrons. The molecule has 0 amide bonds. The van der Waals surface area contributed by atoms with E-state index in [1.165, 1.54) is 23.3 Å². The third kappa shape index (κ3) is 2.40. The Kier molecular flexibility index (Phi) is 1.87. The van der Waals surface area contributed by atoms with Gasteiger partial charge in [0.15, 0.2) is 0 Å². The number of nitrogens with zero attached hydrogens (tertiary/aromatic N) is 3. The second kappa shape index (κ2) is 5.41. The minimum atomic E-state index is -1.96. The average Bonchev–Trinajstić information content (AvgIpc) is 2.93. The molecule has 0 saturated carbocycles. The van der Waals surface area contributed by atoms with E-state index in [2.05, 4.69) is 10.3 Å². The number of thiophene rings is 1. The van der Waals surface area contributed by atoms with Crippen molar-refractivity contribution in [2.75, 3.05) is 38.4 Å². The van der Waals surface area contributed by atoms with Crippen LogP contribution in [0.15, 0.2) is 35.2 Å². The van der Waals surface area contributed by atoms with Crippen molar-refractivity contribution in [1.82, 2.24) is 9.80 Å². The molecule has 0 spiro atoms. The molecule has 5 heteroatoms. The molecule has 0 bridgehead atoms. The van der Waals surface area contributed by atoms with Gasteiger partial charge < -0.3 is 15.1 Å². The number of fused-ring (bicyclic) bond motifs is 2. The van der Waals surface area contributed by atoms with Gasteiger partial charge in [-0.1, -0.05) is 12.1 Å². The molecule has 2 aromatic rings. The van der Waals surface area contributed by atoms with Gasteiger partial charge in [0.2, 0.25) is 0 Å². The van der Waals surface area contributed by atoms with Crippen LogP contribution in [-0.4, -0.2) is 48.8 Å². The van der Waals surface area contributed by atoms with Gasteiger partial charge >= 0.3 is 0 Å². The standard InChI is InChI=1S/C17H20N4S/c1-12-11-13-16(21-9-7-20(2)8-10-21)18-14-5-3-4-6-15(14)19-17(13)22-12/h3-6,11,19H,7-10H2,1-2H3/i3D,4D,5D,6D,7D2,8D2. The molecule has 1 aromatic carbocycles. The molecule has 0 unspecified atom stereocenters. The van der Waals surface area contributed by atoms with E-state index in [4.69, 9.17) is 11.0 Å². The van der Waals surface area contributed by atoms with Crippen molar-refractivity contribution in [2.24, 2.45) is 4.99 Å². The van der Waals surface area contributed by atoms with Gasteiger partial charge in [0, 0.05) is 36.4 Å². The zero-order valence-electron chi connectivity index (χ0n) is 20.2. The second-order valence-electron chi connectivity index (χ2n) is 5.12. The number of rotatable bonds is 0. The predicted molar refractivity (Wildman–Crippen MR) is 94.0 cm³/mol. The van der Waals surface area contributed by atoms with Crippen molar-refractivity contribution in [2.45, 2.75) is 6.92 Å². The Hall–Kier alpha value is -1.85. The number of nitrogens with one attached hydrogen (secondary N) is 1. The number of aryl methyl sites for hydroxylation is 1. The van der Waals surface area contributed by atoms with E-state index in [1.807, 2.05) is 13.0 Å². The number of benzene rings is 1. The smallest absolute Gasteiger partial charge is 0.139 e. The molecule has 0 aliphatic carbocycles. The van der Waals surface area contributed by atoms with Crippen LogP contribution in [0, 0.1) is 6.92 Å². The monoisotopic (exact) mass is 320 g/mol. The van der Waals surface area contributed by atoms with Gasteiger partial charge in [-0.15, -0.1) is 11.3 Å². The van der Waals surface area contributed by atoms with Crippen LogP contribution in [0.5, 0.6) is 0 Å². The van der Waals surface area contributed by atoms with Crippen molar-refractivity contribution >= 4 is 33.5 Å². The van der Waals surface area contributed by atoms with E-state index >= 15 is 0 Å². The fourth-order valence-electron chi connectivity index (χ4n) is 2.42. The Balaban J connectivity index is 1.96. The molecule has 0 atom stereocenters. The molecular weight excluding hydrogens is 292 g/mol. The Morgan fingerprint density at radius 1 is 1.32 bits per heavy atom. The number of hydrogen-bond donors (Lipinski definition) is 1. The summed E-state index contributed by atoms with van der Waals surface area (Å²) in [5, 5.41) is 3.71. The predicted octanol–water partition coefficient (Wildman–Crippen LogP) is 3.44. The molecule has 3 heterocycles. The zero-order valence-corrected chi connectivity index (χ0v) is 13.1. The molecule has 4 rings (SSSR count). The highest BCUT2D eigenvalue weighted by molar-refractivity contribution is 7.16. The third-order valence-electron chi connectivity index (χ3n) is 3.52. The van der Waals surface area contributed by atoms with E-state index in [-0.39, 0.29) is 48.4 Å². The van der Waals surface area contributed by atoms with Crippen LogP contribution >= 0.6 is 11.3 Å². The van der Waals surface area contributed by atoms with Crippen molar-refractivity contribution in [3.63, 3.8) is 0 Å². The normalized spacial score (nSPS) is 27.9. The lowest BCUT2D eigenvalue weighted by Crippen LogP contribution is -2.47. The lowest BCUT2D eigenvalue weighted by Gasteiger charge is -2.34. The van der Waals surface area contributed by atoms with Crippen LogP contribution in [0.4, 0.5) is 16.4 Å². The Morgan fingerprint density at radius 2 is 2.09 bits per heavy atom. The van der Waals surface area contributed by atoms with Crippen LogP contribution in [0.3, 0.4) is 0 Å². The number of anilines is 2. The highest BCUT2D eigenvalue weighted by Gasteiger charge is 2.25. The van der Waals surface area contributed by atoms with Gasteiger partial charge in [0.1, 0.15) is 10.8 Å². The molecule has 4 nitrogen and oxygen atoms in total. The fourth-order valence-corrected chi connectivity index (χ4v) is 3.33. The maximum atomic E-state index is 8.29. The lowest BCUT2D eigenvalue weighted by molar-refractivity contribution is 0.216. The molecule has 22 heavy (non-hydrogen) atoms. The molecule has 1 aromatic heterocycles. The highest BCUT2D eigenvalue weighted by atomic mass is 32.1. The van der Waals surface area contributed by atoms with Gasteiger partial charge in [-0.2, -0.15) is 0 Å². The summed E-state index contributed by atoms with van der Waals surface area (Å²) in [5.74, 6) is 0.284. The minimum absolute atomic E-state index is 0.0251. The highest BCUT2D eigenvalue weighted by Crippen LogP contribution is 2.39. The topological polar surface area (TPSA) is 30.9 Å². The summed E-state index contributed by atoms with van der Waals surface area (Å²) >= 11 is 1.39. The third-order valence-corrected chi connectivity index (χ3v) is 4.48. The summed E-state index contributed by atoms with van der Waals surface area (Å²) in [5.41, 5.74) is 0.790. The number of likely N-dealkylation sites (N-methyl/N-ethyl adjacent to an activating group) is 1. The van der Waals surface area contributed by atoms with Crippen LogP contribution in [0.1, 0.15) is 21.4 Å². The Bertz CT molecular complexity index is 1060. The number of aliphatic imine (C=N–C) groups is 1. The molecule has 2 aliphatic rings. The quantitative estimate of drug-likeness (QED) is 0.807. The molecular formula is C17H20N4S. The first-order chi connectivity index (χ1) is 13.8. The summed E-state index contributed by atoms with van der Waals surface area (Å²) < 4.78 is 65.6. The Labute approximate surface area is 146 Å². The van der Waals surface area contributed by atoms with E-state index in [0.717, 1.165) is 9.78 Å². The van der Waals surface area contributed by atoms with Crippen molar-refractivity contribution in [1.29, 1.82) is 0 Å². The van der Waals surface area contributed by atoms with Crippen LogP contribution in [-0.2, 0) is 0 Å². The number of hydrogen-bond acceptors (Lipinski definition) is 5. The summed E-state index contributed by atoms with van der Waals surface area (Å²) in [6.07, 6.45) is 0. The van der Waals surface area contributed by atoms with Gasteiger partial charge in [0.25, 0.3) is 0 Å². The van der Waals surface area contributed by atoms with E-state index in [0.29, 0.717) is 10.6 Å². The Morgan fingerprint density at radius 3 is 2.91 bits per heavy atom. The first-order valence-electron chi connectivity index (χ1n) is 10.9. The molecule has 1 saturated heterocycles. The second-order valence-corrected chi connectivity index (χ2v) is 6.37. The number of piperazine rings is 1. The number of amidine groups is 1. The summed E-state index contributed by atoms with van der Waals surface area (Å²) in [4.78, 5) is 8.07. The summed E-state index contributed by atoms with van der Waals surface area (Å²) in [6.45, 7) is -2.32. The number of para-hydroxylation sites is 2. The van der Waals surface area contributed by atoms with E-state index in [1.54, 1.807) is 0 Å². The first kappa shape index (κ1) is 7.62. The maximum Gasteiger partial charge on any atom is 0.139 e. The zero-order chi connectivity index (χ0) is 22.2. The van der Waals surface area contributed by atoms with Gasteiger partial charge in [-0.05, 0) is 32.1 Å². The average molecular weight is 320 g/mol. The largest absolute Gasteiger partial charge is 0.353 e.